The summed E-state index contributed by atoms with van der Waals surface area (Å²) >= 11 is 0. The number of fused-ring (bicyclic) bond motifs is 1. The third-order valence-electron chi connectivity index (χ3n) is 5.38. The zero-order valence-electron chi connectivity index (χ0n) is 15.9. The number of esters is 1. The molecule has 0 saturated carbocycles. The van der Waals surface area contributed by atoms with E-state index < -0.39 is 0 Å². The topological polar surface area (TPSA) is 54.0 Å². The van der Waals surface area contributed by atoms with Crippen LogP contribution in [-0.4, -0.2) is 33.9 Å². The molecule has 0 aromatic heterocycles. The number of hydrogen-bond acceptors (Lipinski definition) is 5. The first-order valence-corrected chi connectivity index (χ1v) is 8.85. The largest absolute Gasteiger partial charge is 0.496 e. The maximum absolute atomic E-state index is 12.5. The van der Waals surface area contributed by atoms with Crippen molar-refractivity contribution >= 4 is 5.97 Å². The zero-order chi connectivity index (χ0) is 19.1. The maximum atomic E-state index is 12.5. The van der Waals surface area contributed by atoms with Crippen LogP contribution in [-0.2, 0) is 16.0 Å². The standard InChI is InChI=1S/C22H22O5/c1-12-7-14-8-15-11-27-22(23)21(15)20(16(14)10-18(12)25-3)13-5-6-17(24-2)19(9-13)26-4/h5-7,9-10,20H,8,11H2,1-4H3. The van der Waals surface area contributed by atoms with Crippen LogP contribution >= 0.6 is 0 Å². The molecule has 1 aliphatic heterocycles. The number of carbonyl (C=O) groups is 1. The molecule has 0 bridgehead atoms. The van der Waals surface area contributed by atoms with Gasteiger partial charge in [-0.25, -0.2) is 4.79 Å². The molecule has 0 saturated heterocycles. The number of carbonyl (C=O) groups excluding carboxylic acids is 1. The van der Waals surface area contributed by atoms with Gasteiger partial charge in [-0.2, -0.15) is 0 Å². The molecule has 0 spiro atoms. The minimum Gasteiger partial charge on any atom is -0.496 e. The van der Waals surface area contributed by atoms with E-state index in [9.17, 15) is 4.79 Å². The average Bonchev–Trinajstić information content (AvgIpc) is 3.05. The van der Waals surface area contributed by atoms with Gasteiger partial charge in [0.15, 0.2) is 11.5 Å². The monoisotopic (exact) mass is 366 g/mol. The molecule has 1 aliphatic carbocycles. The number of benzene rings is 2. The molecule has 4 rings (SSSR count). The zero-order valence-corrected chi connectivity index (χ0v) is 15.9. The van der Waals surface area contributed by atoms with Gasteiger partial charge in [-0.15, -0.1) is 0 Å². The summed E-state index contributed by atoms with van der Waals surface area (Å²) in [4.78, 5) is 12.5. The normalized spacial score (nSPS) is 17.9. The van der Waals surface area contributed by atoms with Crippen molar-refractivity contribution in [2.75, 3.05) is 27.9 Å². The second-order valence-corrected chi connectivity index (χ2v) is 6.84. The molecular weight excluding hydrogens is 344 g/mol. The molecule has 140 valence electrons. The van der Waals surface area contributed by atoms with E-state index >= 15 is 0 Å². The van der Waals surface area contributed by atoms with Gasteiger partial charge in [0, 0.05) is 5.92 Å². The Morgan fingerprint density at radius 1 is 0.963 bits per heavy atom. The van der Waals surface area contributed by atoms with Gasteiger partial charge in [0.1, 0.15) is 12.4 Å². The summed E-state index contributed by atoms with van der Waals surface area (Å²) in [5.41, 5.74) is 6.10. The molecule has 0 fully saturated rings. The molecule has 2 aliphatic rings. The lowest BCUT2D eigenvalue weighted by Crippen LogP contribution is -2.18. The highest BCUT2D eigenvalue weighted by atomic mass is 16.5. The second-order valence-electron chi connectivity index (χ2n) is 6.84. The number of methoxy groups -OCH3 is 3. The van der Waals surface area contributed by atoms with Gasteiger partial charge in [-0.1, -0.05) is 12.1 Å². The van der Waals surface area contributed by atoms with Crippen molar-refractivity contribution in [3.63, 3.8) is 0 Å². The number of ether oxygens (including phenoxy) is 4. The fraction of sp³-hybridized carbons (Fsp3) is 0.318. The molecule has 2 aromatic rings. The van der Waals surface area contributed by atoms with Crippen LogP contribution in [0.15, 0.2) is 41.5 Å². The van der Waals surface area contributed by atoms with E-state index in [1.807, 2.05) is 31.2 Å². The van der Waals surface area contributed by atoms with Gasteiger partial charge in [-0.05, 0) is 59.4 Å². The van der Waals surface area contributed by atoms with Gasteiger partial charge in [0.2, 0.25) is 0 Å². The average molecular weight is 366 g/mol. The SMILES string of the molecule is COc1cc2c(cc1C)CC1=C(C(=O)OC1)C2c1ccc(OC)c(OC)c1. The van der Waals surface area contributed by atoms with Crippen LogP contribution in [0.3, 0.4) is 0 Å². The minimum atomic E-state index is -0.241. The molecule has 1 unspecified atom stereocenters. The highest BCUT2D eigenvalue weighted by molar-refractivity contribution is 5.95. The summed E-state index contributed by atoms with van der Waals surface area (Å²) in [7, 11) is 4.88. The van der Waals surface area contributed by atoms with Gasteiger partial charge >= 0.3 is 5.97 Å². The smallest absolute Gasteiger partial charge is 0.335 e. The first-order valence-electron chi connectivity index (χ1n) is 8.85. The quantitative estimate of drug-likeness (QED) is 0.775. The lowest BCUT2D eigenvalue weighted by Gasteiger charge is -2.28. The fourth-order valence-electron chi connectivity index (χ4n) is 4.09. The predicted molar refractivity (Wildman–Crippen MR) is 101 cm³/mol. The summed E-state index contributed by atoms with van der Waals surface area (Å²) in [6.07, 6.45) is 0.727. The Hall–Kier alpha value is -2.95. The van der Waals surface area contributed by atoms with E-state index in [4.69, 9.17) is 18.9 Å². The van der Waals surface area contributed by atoms with Crippen LogP contribution in [0.5, 0.6) is 17.2 Å². The van der Waals surface area contributed by atoms with Crippen molar-refractivity contribution in [2.45, 2.75) is 19.3 Å². The minimum absolute atomic E-state index is 0.215. The molecule has 1 atom stereocenters. The molecule has 2 aromatic carbocycles. The first-order chi connectivity index (χ1) is 13.1. The molecule has 0 amide bonds. The summed E-state index contributed by atoms with van der Waals surface area (Å²) in [5.74, 6) is 1.65. The number of rotatable bonds is 4. The lowest BCUT2D eigenvalue weighted by atomic mass is 9.75. The predicted octanol–water partition coefficient (Wildman–Crippen LogP) is 3.56. The Bertz CT molecular complexity index is 957. The Balaban J connectivity index is 1.93. The molecule has 27 heavy (non-hydrogen) atoms. The van der Waals surface area contributed by atoms with E-state index in [0.29, 0.717) is 18.1 Å². The highest BCUT2D eigenvalue weighted by Gasteiger charge is 2.38. The first kappa shape index (κ1) is 17.5. The van der Waals surface area contributed by atoms with Crippen molar-refractivity contribution in [1.29, 1.82) is 0 Å². The van der Waals surface area contributed by atoms with Crippen LogP contribution in [0.25, 0.3) is 0 Å². The third-order valence-corrected chi connectivity index (χ3v) is 5.38. The summed E-state index contributed by atoms with van der Waals surface area (Å²) in [6.45, 7) is 2.40. The van der Waals surface area contributed by atoms with Crippen molar-refractivity contribution in [1.82, 2.24) is 0 Å². The van der Waals surface area contributed by atoms with E-state index in [0.717, 1.165) is 40.0 Å². The van der Waals surface area contributed by atoms with Gasteiger partial charge < -0.3 is 18.9 Å². The van der Waals surface area contributed by atoms with Crippen LogP contribution in [0.4, 0.5) is 0 Å². The molecule has 5 nitrogen and oxygen atoms in total. The fourth-order valence-corrected chi connectivity index (χ4v) is 4.09. The number of aryl methyl sites for hydroxylation is 1. The Morgan fingerprint density at radius 3 is 2.41 bits per heavy atom. The summed E-state index contributed by atoms with van der Waals surface area (Å²) in [6, 6.07) is 9.97. The number of cyclic esters (lactones) is 1. The van der Waals surface area contributed by atoms with Crippen molar-refractivity contribution in [3.05, 3.63) is 63.7 Å². The van der Waals surface area contributed by atoms with Crippen molar-refractivity contribution in [2.24, 2.45) is 0 Å². The van der Waals surface area contributed by atoms with Crippen LogP contribution in [0.1, 0.15) is 28.2 Å². The Morgan fingerprint density at radius 2 is 1.70 bits per heavy atom. The third kappa shape index (κ3) is 2.74. The summed E-state index contributed by atoms with van der Waals surface area (Å²) in [5, 5.41) is 0. The second kappa shape index (κ2) is 6.65. The van der Waals surface area contributed by atoms with E-state index in [2.05, 4.69) is 6.07 Å². The van der Waals surface area contributed by atoms with Crippen molar-refractivity contribution < 1.29 is 23.7 Å². The molecule has 0 radical (unpaired) electrons. The molecule has 0 N–H and O–H groups in total. The van der Waals surface area contributed by atoms with E-state index in [-0.39, 0.29) is 11.9 Å². The maximum Gasteiger partial charge on any atom is 0.335 e. The van der Waals surface area contributed by atoms with Crippen LogP contribution in [0, 0.1) is 6.92 Å². The molecule has 1 heterocycles. The van der Waals surface area contributed by atoms with Crippen LogP contribution in [0.2, 0.25) is 0 Å². The summed E-state index contributed by atoms with van der Waals surface area (Å²) < 4.78 is 21.7. The lowest BCUT2D eigenvalue weighted by molar-refractivity contribution is -0.136. The van der Waals surface area contributed by atoms with E-state index in [1.165, 1.54) is 5.56 Å². The molecular formula is C22H22O5. The van der Waals surface area contributed by atoms with Gasteiger partial charge in [0.25, 0.3) is 0 Å². The van der Waals surface area contributed by atoms with Crippen LogP contribution < -0.4 is 14.2 Å². The van der Waals surface area contributed by atoms with Gasteiger partial charge in [0.05, 0.1) is 26.9 Å². The Kier molecular flexibility index (Phi) is 4.30. The van der Waals surface area contributed by atoms with Crippen molar-refractivity contribution in [3.8, 4) is 17.2 Å². The van der Waals surface area contributed by atoms with Gasteiger partial charge in [-0.3, -0.25) is 0 Å². The number of hydrogen-bond donors (Lipinski definition) is 0. The molecule has 5 heteroatoms. The van der Waals surface area contributed by atoms with E-state index in [1.54, 1.807) is 21.3 Å². The highest BCUT2D eigenvalue weighted by Crippen LogP contribution is 2.46. The Labute approximate surface area is 158 Å².